The Bertz CT molecular complexity index is 563. The quantitative estimate of drug-likeness (QED) is 0.876. The number of carbonyl (C=O) groups is 1. The SMILES string of the molecule is CC(C)C[C@@H](N)C(=O)Nc1cccc(-n2ccnc2)c1. The first-order chi connectivity index (χ1) is 9.56. The number of anilines is 1. The van der Waals surface area contributed by atoms with Crippen LogP contribution in [-0.4, -0.2) is 21.5 Å². The van der Waals surface area contributed by atoms with Crippen LogP contribution in [-0.2, 0) is 4.79 Å². The summed E-state index contributed by atoms with van der Waals surface area (Å²) >= 11 is 0. The lowest BCUT2D eigenvalue weighted by Gasteiger charge is -2.14. The average molecular weight is 272 g/mol. The van der Waals surface area contributed by atoms with Crippen LogP contribution in [0.5, 0.6) is 0 Å². The maximum absolute atomic E-state index is 12.0. The predicted molar refractivity (Wildman–Crippen MR) is 79.6 cm³/mol. The van der Waals surface area contributed by atoms with Gasteiger partial charge in [0.2, 0.25) is 5.91 Å². The number of nitrogens with one attached hydrogen (secondary N) is 1. The highest BCUT2D eigenvalue weighted by Gasteiger charge is 2.15. The van der Waals surface area contributed by atoms with Gasteiger partial charge in [-0.15, -0.1) is 0 Å². The molecule has 3 N–H and O–H groups in total. The van der Waals surface area contributed by atoms with Gasteiger partial charge in [-0.1, -0.05) is 19.9 Å². The molecule has 0 bridgehead atoms. The summed E-state index contributed by atoms with van der Waals surface area (Å²) in [7, 11) is 0. The number of nitrogens with zero attached hydrogens (tertiary/aromatic N) is 2. The predicted octanol–water partition coefficient (Wildman–Crippen LogP) is 2.18. The van der Waals surface area contributed by atoms with Crippen LogP contribution in [0.25, 0.3) is 5.69 Å². The van der Waals surface area contributed by atoms with Crippen LogP contribution >= 0.6 is 0 Å². The molecular formula is C15H20N4O. The Kier molecular flexibility index (Phi) is 4.53. The Morgan fingerprint density at radius 3 is 2.90 bits per heavy atom. The summed E-state index contributed by atoms with van der Waals surface area (Å²) in [5.41, 5.74) is 7.55. The fourth-order valence-electron chi connectivity index (χ4n) is 2.01. The lowest BCUT2D eigenvalue weighted by molar-refractivity contribution is -0.117. The highest BCUT2D eigenvalue weighted by Crippen LogP contribution is 2.15. The average Bonchev–Trinajstić information content (AvgIpc) is 2.92. The van der Waals surface area contributed by atoms with Crippen molar-refractivity contribution in [2.45, 2.75) is 26.3 Å². The van der Waals surface area contributed by atoms with Crippen molar-refractivity contribution < 1.29 is 4.79 Å². The van der Waals surface area contributed by atoms with Crippen LogP contribution < -0.4 is 11.1 Å². The second-order valence-corrected chi connectivity index (χ2v) is 5.25. The van der Waals surface area contributed by atoms with E-state index in [9.17, 15) is 4.79 Å². The van der Waals surface area contributed by atoms with Gasteiger partial charge in [-0.25, -0.2) is 4.98 Å². The van der Waals surface area contributed by atoms with E-state index in [1.165, 1.54) is 0 Å². The molecule has 0 saturated heterocycles. The van der Waals surface area contributed by atoms with Gasteiger partial charge in [-0.2, -0.15) is 0 Å². The maximum Gasteiger partial charge on any atom is 0.241 e. The number of nitrogens with two attached hydrogens (primary N) is 1. The van der Waals surface area contributed by atoms with Crippen molar-refractivity contribution in [1.82, 2.24) is 9.55 Å². The molecule has 0 radical (unpaired) electrons. The molecule has 2 aromatic rings. The second-order valence-electron chi connectivity index (χ2n) is 5.25. The van der Waals surface area contributed by atoms with Gasteiger partial charge in [-0.05, 0) is 30.5 Å². The normalized spacial score (nSPS) is 12.4. The molecule has 0 aliphatic heterocycles. The number of hydrogen-bond donors (Lipinski definition) is 2. The van der Waals surface area contributed by atoms with E-state index in [0.29, 0.717) is 12.3 Å². The number of aromatic nitrogens is 2. The van der Waals surface area contributed by atoms with E-state index in [2.05, 4.69) is 10.3 Å². The minimum atomic E-state index is -0.480. The van der Waals surface area contributed by atoms with Crippen molar-refractivity contribution in [1.29, 1.82) is 0 Å². The molecule has 1 atom stereocenters. The number of benzene rings is 1. The Morgan fingerprint density at radius 2 is 2.25 bits per heavy atom. The molecule has 1 aromatic carbocycles. The van der Waals surface area contributed by atoms with Crippen molar-refractivity contribution in [3.63, 3.8) is 0 Å². The molecule has 0 aliphatic rings. The Morgan fingerprint density at radius 1 is 1.45 bits per heavy atom. The number of amides is 1. The van der Waals surface area contributed by atoms with Crippen LogP contribution in [0.4, 0.5) is 5.69 Å². The molecule has 106 valence electrons. The molecular weight excluding hydrogens is 252 g/mol. The highest BCUT2D eigenvalue weighted by molar-refractivity contribution is 5.94. The highest BCUT2D eigenvalue weighted by atomic mass is 16.2. The molecule has 5 nitrogen and oxygen atoms in total. The Labute approximate surface area is 118 Å². The molecule has 0 aliphatic carbocycles. The van der Waals surface area contributed by atoms with Crippen LogP contribution in [0, 0.1) is 5.92 Å². The Balaban J connectivity index is 2.07. The van der Waals surface area contributed by atoms with E-state index in [1.54, 1.807) is 12.5 Å². The molecule has 1 aromatic heterocycles. The summed E-state index contributed by atoms with van der Waals surface area (Å²) in [6.07, 6.45) is 5.95. The molecule has 2 rings (SSSR count). The molecule has 20 heavy (non-hydrogen) atoms. The monoisotopic (exact) mass is 272 g/mol. The molecule has 0 spiro atoms. The fourth-order valence-corrected chi connectivity index (χ4v) is 2.01. The lowest BCUT2D eigenvalue weighted by atomic mass is 10.0. The molecule has 0 unspecified atom stereocenters. The van der Waals surface area contributed by atoms with E-state index in [4.69, 9.17) is 5.73 Å². The van der Waals surface area contributed by atoms with Gasteiger partial charge in [0.05, 0.1) is 12.4 Å². The minimum absolute atomic E-state index is 0.151. The van der Waals surface area contributed by atoms with Gasteiger partial charge in [-0.3, -0.25) is 4.79 Å². The van der Waals surface area contributed by atoms with Crippen LogP contribution in [0.15, 0.2) is 43.0 Å². The standard InChI is InChI=1S/C15H20N4O/c1-11(2)8-14(16)15(20)18-12-4-3-5-13(9-12)19-7-6-17-10-19/h3-7,9-11,14H,8,16H2,1-2H3,(H,18,20)/t14-/m1/s1. The summed E-state index contributed by atoms with van der Waals surface area (Å²) in [6, 6.07) is 7.10. The maximum atomic E-state index is 12.0. The first-order valence-corrected chi connectivity index (χ1v) is 6.71. The van der Waals surface area contributed by atoms with Crippen molar-refractivity contribution in [3.8, 4) is 5.69 Å². The van der Waals surface area contributed by atoms with Crippen molar-refractivity contribution in [2.24, 2.45) is 11.7 Å². The van der Waals surface area contributed by atoms with Gasteiger partial charge < -0.3 is 15.6 Å². The second kappa shape index (κ2) is 6.34. The van der Waals surface area contributed by atoms with E-state index < -0.39 is 6.04 Å². The lowest BCUT2D eigenvalue weighted by Crippen LogP contribution is -2.36. The molecule has 5 heteroatoms. The summed E-state index contributed by atoms with van der Waals surface area (Å²) in [5.74, 6) is 0.245. The van der Waals surface area contributed by atoms with Crippen molar-refractivity contribution in [3.05, 3.63) is 43.0 Å². The molecule has 1 heterocycles. The van der Waals surface area contributed by atoms with Crippen molar-refractivity contribution in [2.75, 3.05) is 5.32 Å². The van der Waals surface area contributed by atoms with E-state index in [1.807, 2.05) is 48.9 Å². The van der Waals surface area contributed by atoms with Gasteiger partial charge in [0.25, 0.3) is 0 Å². The van der Waals surface area contributed by atoms with E-state index in [-0.39, 0.29) is 5.91 Å². The largest absolute Gasteiger partial charge is 0.325 e. The first-order valence-electron chi connectivity index (χ1n) is 6.71. The molecule has 0 fully saturated rings. The number of rotatable bonds is 5. The topological polar surface area (TPSA) is 72.9 Å². The minimum Gasteiger partial charge on any atom is -0.325 e. The van der Waals surface area contributed by atoms with E-state index in [0.717, 1.165) is 11.4 Å². The fraction of sp³-hybridized carbons (Fsp3) is 0.333. The zero-order valence-corrected chi connectivity index (χ0v) is 11.8. The summed E-state index contributed by atoms with van der Waals surface area (Å²) in [4.78, 5) is 16.0. The van der Waals surface area contributed by atoms with Gasteiger partial charge in [0.15, 0.2) is 0 Å². The molecule has 0 saturated carbocycles. The van der Waals surface area contributed by atoms with Crippen molar-refractivity contribution >= 4 is 11.6 Å². The first kappa shape index (κ1) is 14.3. The number of hydrogen-bond acceptors (Lipinski definition) is 3. The number of carbonyl (C=O) groups excluding carboxylic acids is 1. The zero-order chi connectivity index (χ0) is 14.5. The third kappa shape index (κ3) is 3.68. The van der Waals surface area contributed by atoms with Crippen LogP contribution in [0.1, 0.15) is 20.3 Å². The number of imidazole rings is 1. The third-order valence-corrected chi connectivity index (χ3v) is 2.98. The zero-order valence-electron chi connectivity index (χ0n) is 11.8. The van der Waals surface area contributed by atoms with E-state index >= 15 is 0 Å². The molecule has 1 amide bonds. The Hall–Kier alpha value is -2.14. The third-order valence-electron chi connectivity index (χ3n) is 2.98. The summed E-state index contributed by atoms with van der Waals surface area (Å²) in [6.45, 7) is 4.10. The van der Waals surface area contributed by atoms with Gasteiger partial charge in [0.1, 0.15) is 0 Å². The van der Waals surface area contributed by atoms with Gasteiger partial charge in [0, 0.05) is 23.8 Å². The summed E-state index contributed by atoms with van der Waals surface area (Å²) < 4.78 is 1.88. The van der Waals surface area contributed by atoms with Crippen LogP contribution in [0.3, 0.4) is 0 Å². The smallest absolute Gasteiger partial charge is 0.241 e. The van der Waals surface area contributed by atoms with Crippen LogP contribution in [0.2, 0.25) is 0 Å². The van der Waals surface area contributed by atoms with Gasteiger partial charge >= 0.3 is 0 Å². The summed E-state index contributed by atoms with van der Waals surface area (Å²) in [5, 5.41) is 2.85.